The second kappa shape index (κ2) is 6.99. The van der Waals surface area contributed by atoms with Gasteiger partial charge in [0.05, 0.1) is 32.1 Å². The molecule has 0 unspecified atom stereocenters. The number of nitrogens with zero attached hydrogens (tertiary/aromatic N) is 1. The predicted molar refractivity (Wildman–Crippen MR) is 73.5 cm³/mol. The number of carbonyl (C=O) groups is 1. The van der Waals surface area contributed by atoms with Gasteiger partial charge in [0.25, 0.3) is 0 Å². The molecule has 5 heteroatoms. The van der Waals surface area contributed by atoms with Gasteiger partial charge in [-0.05, 0) is 19.1 Å². The number of anilines is 1. The van der Waals surface area contributed by atoms with E-state index >= 15 is 0 Å². The van der Waals surface area contributed by atoms with Gasteiger partial charge in [-0.15, -0.1) is 0 Å². The van der Waals surface area contributed by atoms with Crippen LogP contribution in [0.25, 0.3) is 0 Å². The van der Waals surface area contributed by atoms with E-state index in [1.54, 1.807) is 0 Å². The summed E-state index contributed by atoms with van der Waals surface area (Å²) in [5, 5.41) is 3.14. The number of para-hydroxylation sites is 2. The second-order valence-corrected chi connectivity index (χ2v) is 4.28. The molecule has 1 heterocycles. The van der Waals surface area contributed by atoms with E-state index in [0.717, 1.165) is 11.4 Å². The predicted octanol–water partition coefficient (Wildman–Crippen LogP) is 1.36. The SMILES string of the molecule is CCOc1ccccc1NCC(=O)N1CCOCC1. The minimum absolute atomic E-state index is 0.0922. The Morgan fingerprint density at radius 2 is 2.11 bits per heavy atom. The zero-order valence-electron chi connectivity index (χ0n) is 11.2. The first-order valence-corrected chi connectivity index (χ1v) is 6.62. The van der Waals surface area contributed by atoms with Gasteiger partial charge in [-0.1, -0.05) is 12.1 Å². The van der Waals surface area contributed by atoms with Crippen molar-refractivity contribution in [3.05, 3.63) is 24.3 Å². The molecule has 0 atom stereocenters. The average Bonchev–Trinajstić information content (AvgIpc) is 2.47. The van der Waals surface area contributed by atoms with Gasteiger partial charge >= 0.3 is 0 Å². The maximum Gasteiger partial charge on any atom is 0.242 e. The molecule has 104 valence electrons. The van der Waals surface area contributed by atoms with Crippen LogP contribution >= 0.6 is 0 Å². The number of rotatable bonds is 5. The van der Waals surface area contributed by atoms with Gasteiger partial charge < -0.3 is 19.7 Å². The minimum atomic E-state index is 0.0922. The molecule has 1 aromatic rings. The Balaban J connectivity index is 1.89. The van der Waals surface area contributed by atoms with Gasteiger partial charge in [0.1, 0.15) is 5.75 Å². The summed E-state index contributed by atoms with van der Waals surface area (Å²) < 4.78 is 10.7. The van der Waals surface area contributed by atoms with Crippen molar-refractivity contribution in [1.82, 2.24) is 4.90 Å². The monoisotopic (exact) mass is 264 g/mol. The van der Waals surface area contributed by atoms with Gasteiger partial charge in [-0.2, -0.15) is 0 Å². The quantitative estimate of drug-likeness (QED) is 0.872. The van der Waals surface area contributed by atoms with Crippen LogP contribution in [-0.4, -0.2) is 50.3 Å². The Labute approximate surface area is 113 Å². The third kappa shape index (κ3) is 3.86. The van der Waals surface area contributed by atoms with Crippen LogP contribution in [0, 0.1) is 0 Å². The highest BCUT2D eigenvalue weighted by atomic mass is 16.5. The lowest BCUT2D eigenvalue weighted by molar-refractivity contribution is -0.133. The Kier molecular flexibility index (Phi) is 5.03. The Morgan fingerprint density at radius 3 is 2.84 bits per heavy atom. The van der Waals surface area contributed by atoms with Crippen LogP contribution in [-0.2, 0) is 9.53 Å². The lowest BCUT2D eigenvalue weighted by atomic mass is 10.3. The molecule has 0 bridgehead atoms. The first kappa shape index (κ1) is 13.7. The fraction of sp³-hybridized carbons (Fsp3) is 0.500. The van der Waals surface area contributed by atoms with E-state index in [1.165, 1.54) is 0 Å². The van der Waals surface area contributed by atoms with Gasteiger partial charge in [-0.25, -0.2) is 0 Å². The summed E-state index contributed by atoms with van der Waals surface area (Å²) in [5.74, 6) is 0.870. The molecule has 0 spiro atoms. The first-order chi connectivity index (χ1) is 9.31. The molecule has 5 nitrogen and oxygen atoms in total. The van der Waals surface area contributed by atoms with E-state index in [2.05, 4.69) is 5.32 Å². The molecule has 0 radical (unpaired) electrons. The maximum atomic E-state index is 12.0. The molecule has 1 aliphatic heterocycles. The molecule has 1 aromatic carbocycles. The smallest absolute Gasteiger partial charge is 0.242 e. The number of hydrogen-bond acceptors (Lipinski definition) is 4. The summed E-state index contributed by atoms with van der Waals surface area (Å²) in [6.45, 7) is 5.43. The largest absolute Gasteiger partial charge is 0.492 e. The van der Waals surface area contributed by atoms with Gasteiger partial charge in [0, 0.05) is 13.1 Å². The van der Waals surface area contributed by atoms with Crippen LogP contribution in [0.5, 0.6) is 5.75 Å². The Bertz CT molecular complexity index is 417. The number of ether oxygens (including phenoxy) is 2. The second-order valence-electron chi connectivity index (χ2n) is 4.28. The van der Waals surface area contributed by atoms with E-state index in [4.69, 9.17) is 9.47 Å². The van der Waals surface area contributed by atoms with Crippen molar-refractivity contribution in [2.45, 2.75) is 6.92 Å². The van der Waals surface area contributed by atoms with Crippen molar-refractivity contribution in [2.24, 2.45) is 0 Å². The van der Waals surface area contributed by atoms with E-state index in [1.807, 2.05) is 36.1 Å². The number of carbonyl (C=O) groups excluding carboxylic acids is 1. The zero-order chi connectivity index (χ0) is 13.5. The number of hydrogen-bond donors (Lipinski definition) is 1. The van der Waals surface area contributed by atoms with Gasteiger partial charge in [0.2, 0.25) is 5.91 Å². The summed E-state index contributed by atoms with van der Waals surface area (Å²) in [7, 11) is 0. The highest BCUT2D eigenvalue weighted by molar-refractivity contribution is 5.81. The first-order valence-electron chi connectivity index (χ1n) is 6.62. The van der Waals surface area contributed by atoms with Crippen LogP contribution in [0.3, 0.4) is 0 Å². The standard InChI is InChI=1S/C14H20N2O3/c1-2-19-13-6-4-3-5-12(13)15-11-14(17)16-7-9-18-10-8-16/h3-6,15H,2,7-11H2,1H3. The summed E-state index contributed by atoms with van der Waals surface area (Å²) in [6, 6.07) is 7.65. The normalized spacial score (nSPS) is 15.1. The summed E-state index contributed by atoms with van der Waals surface area (Å²) in [4.78, 5) is 13.8. The molecule has 19 heavy (non-hydrogen) atoms. The zero-order valence-corrected chi connectivity index (χ0v) is 11.2. The summed E-state index contributed by atoms with van der Waals surface area (Å²) >= 11 is 0. The van der Waals surface area contributed by atoms with Crippen molar-refractivity contribution in [3.8, 4) is 5.75 Å². The molecule has 1 aliphatic rings. The molecule has 2 rings (SSSR count). The van der Waals surface area contributed by atoms with Crippen molar-refractivity contribution >= 4 is 11.6 Å². The van der Waals surface area contributed by atoms with Crippen LogP contribution in [0.1, 0.15) is 6.92 Å². The van der Waals surface area contributed by atoms with E-state index in [-0.39, 0.29) is 12.5 Å². The van der Waals surface area contributed by atoms with Crippen LogP contribution < -0.4 is 10.1 Å². The molecule has 1 amide bonds. The lowest BCUT2D eigenvalue weighted by Crippen LogP contribution is -2.43. The molecular formula is C14H20N2O3. The van der Waals surface area contributed by atoms with Crippen molar-refractivity contribution in [2.75, 3.05) is 44.8 Å². The fourth-order valence-corrected chi connectivity index (χ4v) is 1.99. The summed E-state index contributed by atoms with van der Waals surface area (Å²) in [6.07, 6.45) is 0. The van der Waals surface area contributed by atoms with Crippen molar-refractivity contribution < 1.29 is 14.3 Å². The minimum Gasteiger partial charge on any atom is -0.492 e. The fourth-order valence-electron chi connectivity index (χ4n) is 1.99. The number of benzene rings is 1. The topological polar surface area (TPSA) is 50.8 Å². The maximum absolute atomic E-state index is 12.0. The highest BCUT2D eigenvalue weighted by Crippen LogP contribution is 2.23. The summed E-state index contributed by atoms with van der Waals surface area (Å²) in [5.41, 5.74) is 0.853. The van der Waals surface area contributed by atoms with Crippen LogP contribution in [0.4, 0.5) is 5.69 Å². The Hall–Kier alpha value is -1.75. The van der Waals surface area contributed by atoms with Crippen molar-refractivity contribution in [1.29, 1.82) is 0 Å². The lowest BCUT2D eigenvalue weighted by Gasteiger charge is -2.27. The molecule has 1 fully saturated rings. The third-order valence-corrected chi connectivity index (χ3v) is 2.98. The van der Waals surface area contributed by atoms with E-state index in [9.17, 15) is 4.79 Å². The van der Waals surface area contributed by atoms with Gasteiger partial charge in [-0.3, -0.25) is 4.79 Å². The molecule has 0 saturated carbocycles. The van der Waals surface area contributed by atoms with E-state index < -0.39 is 0 Å². The number of amides is 1. The Morgan fingerprint density at radius 1 is 1.37 bits per heavy atom. The van der Waals surface area contributed by atoms with Gasteiger partial charge in [0.15, 0.2) is 0 Å². The number of morpholine rings is 1. The molecular weight excluding hydrogens is 244 g/mol. The van der Waals surface area contributed by atoms with Crippen molar-refractivity contribution in [3.63, 3.8) is 0 Å². The molecule has 1 saturated heterocycles. The highest BCUT2D eigenvalue weighted by Gasteiger charge is 2.16. The van der Waals surface area contributed by atoms with Crippen LogP contribution in [0.2, 0.25) is 0 Å². The van der Waals surface area contributed by atoms with Crippen LogP contribution in [0.15, 0.2) is 24.3 Å². The molecule has 0 aromatic heterocycles. The third-order valence-electron chi connectivity index (χ3n) is 2.98. The molecule has 0 aliphatic carbocycles. The van der Waals surface area contributed by atoms with E-state index in [0.29, 0.717) is 32.9 Å². The average molecular weight is 264 g/mol. The molecule has 1 N–H and O–H groups in total. The number of nitrogens with one attached hydrogen (secondary N) is 1.